The molecule has 0 saturated heterocycles. The van der Waals surface area contributed by atoms with Gasteiger partial charge in [0.25, 0.3) is 5.91 Å². The molecule has 2 N–H and O–H groups in total. The van der Waals surface area contributed by atoms with Crippen LogP contribution >= 0.6 is 0 Å². The Bertz CT molecular complexity index is 962. The largest absolute Gasteiger partial charge is 0.366 e. The van der Waals surface area contributed by atoms with E-state index in [0.717, 1.165) is 16.8 Å². The summed E-state index contributed by atoms with van der Waals surface area (Å²) in [5, 5.41) is 6.21. The maximum atomic E-state index is 12.6. The zero-order chi connectivity index (χ0) is 19.4. The van der Waals surface area contributed by atoms with Gasteiger partial charge in [0.2, 0.25) is 0 Å². The summed E-state index contributed by atoms with van der Waals surface area (Å²) in [4.78, 5) is 21.3. The third kappa shape index (κ3) is 4.91. The number of hydrogen-bond donors (Lipinski definition) is 2. The van der Waals surface area contributed by atoms with Crippen LogP contribution in [0.5, 0.6) is 0 Å². The first-order chi connectivity index (χ1) is 12.9. The summed E-state index contributed by atoms with van der Waals surface area (Å²) >= 11 is 0. The van der Waals surface area contributed by atoms with Crippen molar-refractivity contribution in [2.24, 2.45) is 0 Å². The van der Waals surface area contributed by atoms with Crippen LogP contribution in [0.25, 0.3) is 0 Å². The van der Waals surface area contributed by atoms with Gasteiger partial charge in [-0.2, -0.15) is 0 Å². The van der Waals surface area contributed by atoms with Gasteiger partial charge in [0.1, 0.15) is 17.3 Å². The molecule has 3 rings (SSSR count). The molecule has 5 nitrogen and oxygen atoms in total. The van der Waals surface area contributed by atoms with Crippen LogP contribution in [-0.4, -0.2) is 15.9 Å². The number of aromatic nitrogens is 2. The number of hydrogen-bond acceptors (Lipinski definition) is 4. The second-order valence-corrected chi connectivity index (χ2v) is 6.80. The molecule has 1 heterocycles. The van der Waals surface area contributed by atoms with Crippen molar-refractivity contribution in [3.8, 4) is 0 Å². The highest BCUT2D eigenvalue weighted by Crippen LogP contribution is 2.16. The molecular formula is C22H24N4O. The SMILES string of the molecule is Cc1cc(C)cc(NC(=O)c2cc(NCc3ccccc3C)nc(C)n2)c1. The third-order valence-electron chi connectivity index (χ3n) is 4.27. The van der Waals surface area contributed by atoms with E-state index in [1.165, 1.54) is 11.1 Å². The van der Waals surface area contributed by atoms with E-state index < -0.39 is 0 Å². The lowest BCUT2D eigenvalue weighted by Gasteiger charge is -2.11. The normalized spacial score (nSPS) is 10.5. The summed E-state index contributed by atoms with van der Waals surface area (Å²) in [6.07, 6.45) is 0. The molecule has 138 valence electrons. The van der Waals surface area contributed by atoms with Crippen molar-refractivity contribution >= 4 is 17.4 Å². The fourth-order valence-corrected chi connectivity index (χ4v) is 3.01. The topological polar surface area (TPSA) is 66.9 Å². The second-order valence-electron chi connectivity index (χ2n) is 6.80. The van der Waals surface area contributed by atoms with E-state index in [1.807, 2.05) is 38.1 Å². The predicted molar refractivity (Wildman–Crippen MR) is 109 cm³/mol. The lowest BCUT2D eigenvalue weighted by Crippen LogP contribution is -2.16. The van der Waals surface area contributed by atoms with E-state index in [0.29, 0.717) is 23.9 Å². The van der Waals surface area contributed by atoms with E-state index in [9.17, 15) is 4.79 Å². The average molecular weight is 360 g/mol. The van der Waals surface area contributed by atoms with Crippen LogP contribution in [0.3, 0.4) is 0 Å². The molecule has 0 aliphatic heterocycles. The number of nitrogens with one attached hydrogen (secondary N) is 2. The Morgan fingerprint density at radius 2 is 1.63 bits per heavy atom. The Balaban J connectivity index is 1.76. The Hall–Kier alpha value is -3.21. The van der Waals surface area contributed by atoms with Gasteiger partial charge in [0, 0.05) is 18.3 Å². The molecule has 0 bridgehead atoms. The van der Waals surface area contributed by atoms with E-state index in [-0.39, 0.29) is 5.91 Å². The van der Waals surface area contributed by atoms with Crippen molar-refractivity contribution in [1.29, 1.82) is 0 Å². The Kier molecular flexibility index (Phi) is 5.50. The minimum Gasteiger partial charge on any atom is -0.366 e. The van der Waals surface area contributed by atoms with Crippen molar-refractivity contribution in [1.82, 2.24) is 9.97 Å². The van der Waals surface area contributed by atoms with Gasteiger partial charge in [-0.25, -0.2) is 9.97 Å². The standard InChI is InChI=1S/C22H24N4O/c1-14-9-15(2)11-19(10-14)26-22(27)20-12-21(25-17(4)24-20)23-13-18-8-6-5-7-16(18)3/h5-12H,13H2,1-4H3,(H,26,27)(H,23,24,25). The molecule has 3 aromatic rings. The summed E-state index contributed by atoms with van der Waals surface area (Å²) in [6.45, 7) is 8.51. The molecule has 2 aromatic carbocycles. The second kappa shape index (κ2) is 7.99. The molecular weight excluding hydrogens is 336 g/mol. The minimum absolute atomic E-state index is 0.246. The van der Waals surface area contributed by atoms with Gasteiger partial charge in [0.15, 0.2) is 0 Å². The quantitative estimate of drug-likeness (QED) is 0.699. The molecule has 1 amide bonds. The number of aryl methyl sites for hydroxylation is 4. The molecule has 0 radical (unpaired) electrons. The molecule has 27 heavy (non-hydrogen) atoms. The summed E-state index contributed by atoms with van der Waals surface area (Å²) < 4.78 is 0. The highest BCUT2D eigenvalue weighted by molar-refractivity contribution is 6.03. The van der Waals surface area contributed by atoms with Crippen LogP contribution in [0.15, 0.2) is 48.5 Å². The van der Waals surface area contributed by atoms with Gasteiger partial charge in [-0.05, 0) is 62.1 Å². The van der Waals surface area contributed by atoms with Gasteiger partial charge in [-0.1, -0.05) is 30.3 Å². The number of nitrogens with zero attached hydrogens (tertiary/aromatic N) is 2. The van der Waals surface area contributed by atoms with E-state index in [1.54, 1.807) is 13.0 Å². The number of rotatable bonds is 5. The van der Waals surface area contributed by atoms with Crippen LogP contribution in [0, 0.1) is 27.7 Å². The monoisotopic (exact) mass is 360 g/mol. The van der Waals surface area contributed by atoms with E-state index >= 15 is 0 Å². The molecule has 0 unspecified atom stereocenters. The van der Waals surface area contributed by atoms with Gasteiger partial charge in [-0.3, -0.25) is 4.79 Å². The van der Waals surface area contributed by atoms with Gasteiger partial charge in [-0.15, -0.1) is 0 Å². The average Bonchev–Trinajstić information content (AvgIpc) is 2.59. The molecule has 0 saturated carbocycles. The highest BCUT2D eigenvalue weighted by atomic mass is 16.1. The first-order valence-electron chi connectivity index (χ1n) is 8.94. The van der Waals surface area contributed by atoms with Gasteiger partial charge < -0.3 is 10.6 Å². The third-order valence-corrected chi connectivity index (χ3v) is 4.27. The fraction of sp³-hybridized carbons (Fsp3) is 0.227. The maximum Gasteiger partial charge on any atom is 0.274 e. The summed E-state index contributed by atoms with van der Waals surface area (Å²) in [5.41, 5.74) is 5.71. The van der Waals surface area contributed by atoms with Crippen LogP contribution in [0.2, 0.25) is 0 Å². The fourth-order valence-electron chi connectivity index (χ4n) is 3.01. The lowest BCUT2D eigenvalue weighted by atomic mass is 10.1. The van der Waals surface area contributed by atoms with Crippen molar-refractivity contribution in [3.05, 3.63) is 82.3 Å². The lowest BCUT2D eigenvalue weighted by molar-refractivity contribution is 0.102. The highest BCUT2D eigenvalue weighted by Gasteiger charge is 2.11. The van der Waals surface area contributed by atoms with Gasteiger partial charge in [0.05, 0.1) is 0 Å². The zero-order valence-corrected chi connectivity index (χ0v) is 16.1. The number of benzene rings is 2. The number of carbonyl (C=O) groups is 1. The van der Waals surface area contributed by atoms with E-state index in [2.05, 4.69) is 45.7 Å². The van der Waals surface area contributed by atoms with Crippen LogP contribution in [0.4, 0.5) is 11.5 Å². The maximum absolute atomic E-state index is 12.6. The summed E-state index contributed by atoms with van der Waals surface area (Å²) in [7, 11) is 0. The van der Waals surface area contributed by atoms with Crippen molar-refractivity contribution in [3.63, 3.8) is 0 Å². The summed E-state index contributed by atoms with van der Waals surface area (Å²) in [6, 6.07) is 15.8. The molecule has 5 heteroatoms. The van der Waals surface area contributed by atoms with Crippen molar-refractivity contribution < 1.29 is 4.79 Å². The number of amides is 1. The molecule has 1 aromatic heterocycles. The molecule has 0 fully saturated rings. The van der Waals surface area contributed by atoms with Crippen molar-refractivity contribution in [2.75, 3.05) is 10.6 Å². The van der Waals surface area contributed by atoms with Crippen LogP contribution in [0.1, 0.15) is 38.6 Å². The Labute approximate surface area is 159 Å². The number of carbonyl (C=O) groups excluding carboxylic acids is 1. The van der Waals surface area contributed by atoms with Crippen molar-refractivity contribution in [2.45, 2.75) is 34.2 Å². The first kappa shape index (κ1) is 18.6. The molecule has 0 aliphatic carbocycles. The summed E-state index contributed by atoms with van der Waals surface area (Å²) in [5.74, 6) is 0.941. The number of anilines is 2. The Morgan fingerprint density at radius 3 is 2.33 bits per heavy atom. The predicted octanol–water partition coefficient (Wildman–Crippen LogP) is 4.57. The molecule has 0 aliphatic rings. The first-order valence-corrected chi connectivity index (χ1v) is 8.94. The molecule has 0 atom stereocenters. The van der Waals surface area contributed by atoms with E-state index in [4.69, 9.17) is 0 Å². The Morgan fingerprint density at radius 1 is 0.926 bits per heavy atom. The van der Waals surface area contributed by atoms with Crippen LogP contribution in [-0.2, 0) is 6.54 Å². The van der Waals surface area contributed by atoms with Gasteiger partial charge >= 0.3 is 0 Å². The molecule has 0 spiro atoms. The zero-order valence-electron chi connectivity index (χ0n) is 16.1. The van der Waals surface area contributed by atoms with Crippen LogP contribution < -0.4 is 10.6 Å². The minimum atomic E-state index is -0.246. The smallest absolute Gasteiger partial charge is 0.274 e.